The van der Waals surface area contributed by atoms with E-state index in [1.54, 1.807) is 6.92 Å². The molecule has 1 atom stereocenters. The molecule has 0 aromatic heterocycles. The van der Waals surface area contributed by atoms with Crippen LogP contribution in [-0.2, 0) is 16.6 Å². The molecule has 0 saturated carbocycles. The van der Waals surface area contributed by atoms with Crippen molar-refractivity contribution >= 4 is 5.91 Å². The molecule has 0 aliphatic heterocycles. The molecule has 0 heterocycles. The summed E-state index contributed by atoms with van der Waals surface area (Å²) in [6.45, 7) is 10.0. The average Bonchev–Trinajstić information content (AvgIpc) is 2.29. The Labute approximate surface area is 115 Å². The predicted octanol–water partition coefficient (Wildman–Crippen LogP) is 3.23. The highest BCUT2D eigenvalue weighted by Gasteiger charge is 2.23. The van der Waals surface area contributed by atoms with E-state index in [2.05, 4.69) is 27.7 Å². The molecule has 0 radical (unpaired) electrons. The lowest BCUT2D eigenvalue weighted by Gasteiger charge is -2.24. The van der Waals surface area contributed by atoms with Crippen LogP contribution in [0.2, 0.25) is 0 Å². The highest BCUT2D eigenvalue weighted by molar-refractivity contribution is 5.81. The quantitative estimate of drug-likeness (QED) is 0.876. The van der Waals surface area contributed by atoms with Crippen LogP contribution < -0.4 is 5.73 Å². The number of carbonyl (C=O) groups is 1. The number of primary amides is 1. The first-order chi connectivity index (χ1) is 8.68. The second-order valence-electron chi connectivity index (χ2n) is 6.20. The standard InChI is InChI=1S/C16H25NO2/c1-6-7-11-8-12(10(2)15(17)19)9-13(14(11)18)16(3,4)5/h8-10,18H,6-7H2,1-5H3,(H2,17,19). The number of rotatable bonds is 4. The first-order valence-corrected chi connectivity index (χ1v) is 6.84. The fourth-order valence-corrected chi connectivity index (χ4v) is 2.17. The zero-order valence-corrected chi connectivity index (χ0v) is 12.6. The Balaban J connectivity index is 3.43. The summed E-state index contributed by atoms with van der Waals surface area (Å²) >= 11 is 0. The van der Waals surface area contributed by atoms with E-state index < -0.39 is 0 Å². The van der Waals surface area contributed by atoms with E-state index in [1.165, 1.54) is 0 Å². The normalized spacial score (nSPS) is 13.3. The van der Waals surface area contributed by atoms with Gasteiger partial charge in [0.2, 0.25) is 5.91 Å². The smallest absolute Gasteiger partial charge is 0.224 e. The van der Waals surface area contributed by atoms with Crippen molar-refractivity contribution in [1.82, 2.24) is 0 Å². The maximum atomic E-state index is 11.4. The van der Waals surface area contributed by atoms with Crippen LogP contribution in [0.1, 0.15) is 63.6 Å². The lowest BCUT2D eigenvalue weighted by Crippen LogP contribution is -2.20. The van der Waals surface area contributed by atoms with Crippen LogP contribution in [0, 0.1) is 0 Å². The minimum absolute atomic E-state index is 0.167. The molecule has 3 N–H and O–H groups in total. The Hall–Kier alpha value is -1.51. The third kappa shape index (κ3) is 3.49. The average molecular weight is 263 g/mol. The van der Waals surface area contributed by atoms with Crippen molar-refractivity contribution in [3.63, 3.8) is 0 Å². The van der Waals surface area contributed by atoms with Crippen molar-refractivity contribution in [2.24, 2.45) is 5.73 Å². The largest absolute Gasteiger partial charge is 0.507 e. The lowest BCUT2D eigenvalue weighted by molar-refractivity contribution is -0.119. The Bertz CT molecular complexity index is 472. The van der Waals surface area contributed by atoms with Gasteiger partial charge in [-0.05, 0) is 35.4 Å². The number of aromatic hydroxyl groups is 1. The number of benzene rings is 1. The second-order valence-corrected chi connectivity index (χ2v) is 6.20. The number of nitrogens with two attached hydrogens (primary N) is 1. The van der Waals surface area contributed by atoms with E-state index in [0.717, 1.165) is 29.5 Å². The van der Waals surface area contributed by atoms with Gasteiger partial charge >= 0.3 is 0 Å². The van der Waals surface area contributed by atoms with Crippen molar-refractivity contribution < 1.29 is 9.90 Å². The molecule has 0 fully saturated rings. The summed E-state index contributed by atoms with van der Waals surface area (Å²) in [6.07, 6.45) is 1.75. The molecular weight excluding hydrogens is 238 g/mol. The van der Waals surface area contributed by atoms with Gasteiger partial charge in [0, 0.05) is 0 Å². The Morgan fingerprint density at radius 1 is 1.37 bits per heavy atom. The molecule has 106 valence electrons. The molecule has 0 saturated heterocycles. The molecule has 0 aliphatic rings. The maximum absolute atomic E-state index is 11.4. The summed E-state index contributed by atoms with van der Waals surface area (Å²) in [5.74, 6) is -0.319. The molecule has 3 nitrogen and oxygen atoms in total. The zero-order chi connectivity index (χ0) is 14.8. The predicted molar refractivity (Wildman–Crippen MR) is 78.4 cm³/mol. The van der Waals surface area contributed by atoms with Crippen LogP contribution in [0.25, 0.3) is 0 Å². The van der Waals surface area contributed by atoms with Crippen LogP contribution in [-0.4, -0.2) is 11.0 Å². The number of phenols is 1. The lowest BCUT2D eigenvalue weighted by atomic mass is 9.82. The van der Waals surface area contributed by atoms with Gasteiger partial charge in [-0.2, -0.15) is 0 Å². The Kier molecular flexibility index (Phi) is 4.61. The number of hydrogen-bond donors (Lipinski definition) is 2. The summed E-state index contributed by atoms with van der Waals surface area (Å²) in [4.78, 5) is 11.4. The molecule has 1 amide bonds. The summed E-state index contributed by atoms with van der Waals surface area (Å²) < 4.78 is 0. The van der Waals surface area contributed by atoms with E-state index in [4.69, 9.17) is 5.73 Å². The minimum atomic E-state index is -0.340. The fraction of sp³-hybridized carbons (Fsp3) is 0.562. The van der Waals surface area contributed by atoms with Crippen LogP contribution in [0.15, 0.2) is 12.1 Å². The van der Waals surface area contributed by atoms with Gasteiger partial charge < -0.3 is 10.8 Å². The van der Waals surface area contributed by atoms with Crippen molar-refractivity contribution in [3.8, 4) is 5.75 Å². The van der Waals surface area contributed by atoms with E-state index in [9.17, 15) is 9.90 Å². The summed E-state index contributed by atoms with van der Waals surface area (Å²) in [5.41, 5.74) is 7.89. The fourth-order valence-electron chi connectivity index (χ4n) is 2.17. The van der Waals surface area contributed by atoms with Crippen molar-refractivity contribution in [3.05, 3.63) is 28.8 Å². The number of carbonyl (C=O) groups excluding carboxylic acids is 1. The zero-order valence-electron chi connectivity index (χ0n) is 12.6. The third-order valence-electron chi connectivity index (χ3n) is 3.47. The first-order valence-electron chi connectivity index (χ1n) is 6.84. The van der Waals surface area contributed by atoms with Gasteiger partial charge in [0.25, 0.3) is 0 Å². The summed E-state index contributed by atoms with van der Waals surface area (Å²) in [6, 6.07) is 3.81. The molecule has 1 aromatic rings. The molecule has 1 aromatic carbocycles. The van der Waals surface area contributed by atoms with Gasteiger partial charge in [-0.25, -0.2) is 0 Å². The summed E-state index contributed by atoms with van der Waals surface area (Å²) in [7, 11) is 0. The van der Waals surface area contributed by atoms with Crippen molar-refractivity contribution in [1.29, 1.82) is 0 Å². The van der Waals surface area contributed by atoms with Crippen molar-refractivity contribution in [2.45, 2.75) is 58.8 Å². The SMILES string of the molecule is CCCc1cc(C(C)C(N)=O)cc(C(C)(C)C)c1O. The van der Waals surface area contributed by atoms with Gasteiger partial charge in [-0.15, -0.1) is 0 Å². The van der Waals surface area contributed by atoms with Crippen molar-refractivity contribution in [2.75, 3.05) is 0 Å². The van der Waals surface area contributed by atoms with Crippen LogP contribution in [0.3, 0.4) is 0 Å². The topological polar surface area (TPSA) is 63.3 Å². The monoisotopic (exact) mass is 263 g/mol. The molecule has 0 spiro atoms. The molecule has 0 aliphatic carbocycles. The molecule has 19 heavy (non-hydrogen) atoms. The van der Waals surface area contributed by atoms with E-state index >= 15 is 0 Å². The third-order valence-corrected chi connectivity index (χ3v) is 3.47. The van der Waals surface area contributed by atoms with Gasteiger partial charge in [0.15, 0.2) is 0 Å². The Morgan fingerprint density at radius 3 is 2.37 bits per heavy atom. The minimum Gasteiger partial charge on any atom is -0.507 e. The van der Waals surface area contributed by atoms with Gasteiger partial charge in [0.05, 0.1) is 5.92 Å². The first kappa shape index (κ1) is 15.5. The highest BCUT2D eigenvalue weighted by atomic mass is 16.3. The molecule has 3 heteroatoms. The highest BCUT2D eigenvalue weighted by Crippen LogP contribution is 2.36. The van der Waals surface area contributed by atoms with Crippen LogP contribution >= 0.6 is 0 Å². The van der Waals surface area contributed by atoms with Gasteiger partial charge in [0.1, 0.15) is 5.75 Å². The number of phenolic OH excluding ortho intramolecular Hbond substituents is 1. The number of hydrogen-bond acceptors (Lipinski definition) is 2. The molecule has 0 bridgehead atoms. The van der Waals surface area contributed by atoms with Crippen LogP contribution in [0.4, 0.5) is 0 Å². The van der Waals surface area contributed by atoms with E-state index in [1.807, 2.05) is 12.1 Å². The summed E-state index contributed by atoms with van der Waals surface area (Å²) in [5, 5.41) is 10.4. The number of aryl methyl sites for hydroxylation is 1. The van der Waals surface area contributed by atoms with E-state index in [0.29, 0.717) is 5.75 Å². The van der Waals surface area contributed by atoms with Gasteiger partial charge in [-0.3, -0.25) is 4.79 Å². The second kappa shape index (κ2) is 5.64. The molecule has 1 unspecified atom stereocenters. The number of amides is 1. The molecule has 1 rings (SSSR count). The molecular formula is C16H25NO2. The van der Waals surface area contributed by atoms with E-state index in [-0.39, 0.29) is 17.2 Å². The maximum Gasteiger partial charge on any atom is 0.224 e. The van der Waals surface area contributed by atoms with Gasteiger partial charge in [-0.1, -0.05) is 46.2 Å². The Morgan fingerprint density at radius 2 is 1.95 bits per heavy atom. The van der Waals surface area contributed by atoms with Crippen LogP contribution in [0.5, 0.6) is 5.75 Å².